The molecule has 24 heavy (non-hydrogen) atoms. The van der Waals surface area contributed by atoms with Gasteiger partial charge in [-0.3, -0.25) is 25.0 Å². The number of rotatable bonds is 4. The van der Waals surface area contributed by atoms with Crippen molar-refractivity contribution in [2.75, 3.05) is 5.32 Å². The van der Waals surface area contributed by atoms with Crippen molar-refractivity contribution >= 4 is 39.0 Å². The first-order valence-corrected chi connectivity index (χ1v) is 7.75. The van der Waals surface area contributed by atoms with E-state index in [0.717, 1.165) is 11.1 Å². The lowest BCUT2D eigenvalue weighted by atomic mass is 10.1. The van der Waals surface area contributed by atoms with Gasteiger partial charge in [-0.15, -0.1) is 10.2 Å². The van der Waals surface area contributed by atoms with Crippen molar-refractivity contribution in [3.63, 3.8) is 0 Å². The van der Waals surface area contributed by atoms with E-state index >= 15 is 0 Å². The first-order valence-electron chi connectivity index (χ1n) is 6.93. The second kappa shape index (κ2) is 6.16. The molecular formula is C14H11N5O4S. The number of nitrogens with one attached hydrogen (secondary N) is 2. The van der Waals surface area contributed by atoms with E-state index in [9.17, 15) is 19.7 Å². The van der Waals surface area contributed by atoms with Crippen LogP contribution in [-0.2, 0) is 6.42 Å². The van der Waals surface area contributed by atoms with E-state index in [4.69, 9.17) is 0 Å². The summed E-state index contributed by atoms with van der Waals surface area (Å²) < 4.78 is 0. The molecule has 0 aliphatic carbocycles. The van der Waals surface area contributed by atoms with Crippen LogP contribution in [0.2, 0.25) is 0 Å². The number of nitro groups is 1. The number of aryl methyl sites for hydroxylation is 1. The van der Waals surface area contributed by atoms with Gasteiger partial charge < -0.3 is 4.98 Å². The fraction of sp³-hybridized carbons (Fsp3) is 0.143. The summed E-state index contributed by atoms with van der Waals surface area (Å²) in [5, 5.41) is 22.6. The second-order valence-corrected chi connectivity index (χ2v) is 5.90. The van der Waals surface area contributed by atoms with Gasteiger partial charge in [0.25, 0.3) is 11.6 Å². The molecule has 0 bridgehead atoms. The van der Waals surface area contributed by atoms with Crippen LogP contribution in [0.3, 0.4) is 0 Å². The number of H-pyrrole nitrogens is 1. The van der Waals surface area contributed by atoms with Crippen LogP contribution >= 0.6 is 11.3 Å². The molecule has 0 saturated carbocycles. The zero-order valence-corrected chi connectivity index (χ0v) is 13.2. The van der Waals surface area contributed by atoms with Crippen molar-refractivity contribution in [1.82, 2.24) is 15.2 Å². The number of amides is 1. The molecule has 2 aromatic heterocycles. The highest BCUT2D eigenvalue weighted by atomic mass is 32.1. The molecule has 3 rings (SSSR count). The molecule has 0 saturated heterocycles. The van der Waals surface area contributed by atoms with E-state index in [2.05, 4.69) is 20.5 Å². The number of anilines is 1. The Morgan fingerprint density at radius 2 is 2.17 bits per heavy atom. The summed E-state index contributed by atoms with van der Waals surface area (Å²) in [5.41, 5.74) is -0.281. The summed E-state index contributed by atoms with van der Waals surface area (Å²) in [5.74, 6) is -0.578. The third-order valence-corrected chi connectivity index (χ3v) is 4.25. The van der Waals surface area contributed by atoms with Crippen molar-refractivity contribution in [2.24, 2.45) is 0 Å². The number of nitrogens with zero attached hydrogens (tertiary/aromatic N) is 3. The fourth-order valence-corrected chi connectivity index (χ4v) is 2.83. The summed E-state index contributed by atoms with van der Waals surface area (Å²) in [6.07, 6.45) is 0.688. The maximum atomic E-state index is 12.5. The van der Waals surface area contributed by atoms with Gasteiger partial charge in [0.1, 0.15) is 5.01 Å². The summed E-state index contributed by atoms with van der Waals surface area (Å²) >= 11 is 1.23. The molecule has 2 N–H and O–H groups in total. The van der Waals surface area contributed by atoms with Gasteiger partial charge in [0.2, 0.25) is 10.7 Å². The number of hydrogen-bond acceptors (Lipinski definition) is 7. The molecule has 0 radical (unpaired) electrons. The lowest BCUT2D eigenvalue weighted by Crippen LogP contribution is -2.17. The molecule has 0 aliphatic rings. The van der Waals surface area contributed by atoms with Crippen LogP contribution < -0.4 is 10.9 Å². The topological polar surface area (TPSA) is 131 Å². The number of nitro benzene ring substituents is 1. The highest BCUT2D eigenvalue weighted by Crippen LogP contribution is 2.23. The first kappa shape index (κ1) is 15.7. The molecule has 122 valence electrons. The average Bonchev–Trinajstić information content (AvgIpc) is 3.01. The number of benzene rings is 1. The van der Waals surface area contributed by atoms with Crippen LogP contribution in [0.1, 0.15) is 22.3 Å². The maximum Gasteiger partial charge on any atom is 0.270 e. The quantitative estimate of drug-likeness (QED) is 0.550. The van der Waals surface area contributed by atoms with Gasteiger partial charge in [-0.05, 0) is 12.5 Å². The maximum absolute atomic E-state index is 12.5. The van der Waals surface area contributed by atoms with Gasteiger partial charge >= 0.3 is 0 Å². The minimum atomic E-state index is -0.578. The van der Waals surface area contributed by atoms with Gasteiger partial charge in [0, 0.05) is 29.1 Å². The molecule has 10 heteroatoms. The standard InChI is InChI=1S/C14H11N5O4S/c1-2-12-17-18-14(24-12)16-13(21)9-6-11(20)15-10-4-3-7(19(22)23)5-8(9)10/h3-6H,2H2,1H3,(H,15,20)(H,16,18,21). The summed E-state index contributed by atoms with van der Waals surface area (Å²) in [7, 11) is 0. The van der Waals surface area contributed by atoms with Crippen molar-refractivity contribution in [1.29, 1.82) is 0 Å². The van der Waals surface area contributed by atoms with Crippen LogP contribution in [0.15, 0.2) is 29.1 Å². The third kappa shape index (κ3) is 2.99. The predicted octanol–water partition coefficient (Wildman–Crippen LogP) is 2.10. The van der Waals surface area contributed by atoms with E-state index in [-0.39, 0.29) is 16.6 Å². The van der Waals surface area contributed by atoms with Gasteiger partial charge in [-0.2, -0.15) is 0 Å². The predicted molar refractivity (Wildman–Crippen MR) is 88.5 cm³/mol. The van der Waals surface area contributed by atoms with Crippen molar-refractivity contribution in [2.45, 2.75) is 13.3 Å². The Morgan fingerprint density at radius 3 is 2.83 bits per heavy atom. The Labute approximate surface area is 138 Å². The normalized spacial score (nSPS) is 10.7. The number of carbonyl (C=O) groups excluding carboxylic acids is 1. The first-order chi connectivity index (χ1) is 11.5. The monoisotopic (exact) mass is 345 g/mol. The lowest BCUT2D eigenvalue weighted by Gasteiger charge is -2.05. The lowest BCUT2D eigenvalue weighted by molar-refractivity contribution is -0.384. The molecule has 1 aromatic carbocycles. The molecule has 9 nitrogen and oxygen atoms in total. The zero-order chi connectivity index (χ0) is 17.3. The van der Waals surface area contributed by atoms with Crippen LogP contribution in [0.25, 0.3) is 10.9 Å². The SMILES string of the molecule is CCc1nnc(NC(=O)c2cc(=O)[nH]c3ccc([N+](=O)[O-])cc23)s1. The zero-order valence-electron chi connectivity index (χ0n) is 12.4. The number of carbonyl (C=O) groups is 1. The van der Waals surface area contributed by atoms with Crippen molar-refractivity contribution in [3.8, 4) is 0 Å². The van der Waals surface area contributed by atoms with E-state index in [1.54, 1.807) is 0 Å². The highest BCUT2D eigenvalue weighted by molar-refractivity contribution is 7.15. The van der Waals surface area contributed by atoms with Crippen LogP contribution in [-0.4, -0.2) is 26.0 Å². The molecule has 0 unspecified atom stereocenters. The van der Waals surface area contributed by atoms with Crippen molar-refractivity contribution in [3.05, 3.63) is 55.3 Å². The number of aromatic nitrogens is 3. The van der Waals surface area contributed by atoms with E-state index in [1.807, 2.05) is 6.92 Å². The minimum absolute atomic E-state index is 0.0331. The minimum Gasteiger partial charge on any atom is -0.322 e. The van der Waals surface area contributed by atoms with Gasteiger partial charge in [0.05, 0.1) is 10.5 Å². The van der Waals surface area contributed by atoms with Crippen LogP contribution in [0, 0.1) is 10.1 Å². The van der Waals surface area contributed by atoms with E-state index in [0.29, 0.717) is 17.1 Å². The number of hydrogen-bond donors (Lipinski definition) is 2. The third-order valence-electron chi connectivity index (χ3n) is 3.27. The van der Waals surface area contributed by atoms with Crippen molar-refractivity contribution < 1.29 is 9.72 Å². The molecule has 1 amide bonds. The van der Waals surface area contributed by atoms with Gasteiger partial charge in [0.15, 0.2) is 0 Å². The largest absolute Gasteiger partial charge is 0.322 e. The molecule has 3 aromatic rings. The number of non-ortho nitro benzene ring substituents is 1. The van der Waals surface area contributed by atoms with Crippen LogP contribution in [0.4, 0.5) is 10.8 Å². The van der Waals surface area contributed by atoms with Gasteiger partial charge in [-0.25, -0.2) is 0 Å². The van der Waals surface area contributed by atoms with E-state index < -0.39 is 16.4 Å². The highest BCUT2D eigenvalue weighted by Gasteiger charge is 2.17. The van der Waals surface area contributed by atoms with Crippen LogP contribution in [0.5, 0.6) is 0 Å². The molecule has 0 atom stereocenters. The number of aromatic amines is 1. The van der Waals surface area contributed by atoms with Gasteiger partial charge in [-0.1, -0.05) is 18.3 Å². The fourth-order valence-electron chi connectivity index (χ4n) is 2.15. The smallest absolute Gasteiger partial charge is 0.270 e. The Morgan fingerprint density at radius 1 is 1.38 bits per heavy atom. The second-order valence-electron chi connectivity index (χ2n) is 4.84. The number of pyridine rings is 1. The molecule has 2 heterocycles. The summed E-state index contributed by atoms with van der Waals surface area (Å²) in [4.78, 5) is 37.1. The van der Waals surface area contributed by atoms with E-state index in [1.165, 1.54) is 29.5 Å². The average molecular weight is 345 g/mol. The Kier molecular flexibility index (Phi) is 4.04. The summed E-state index contributed by atoms with van der Waals surface area (Å²) in [6.45, 7) is 1.91. The molecule has 0 aliphatic heterocycles. The molecular weight excluding hydrogens is 334 g/mol. The Bertz CT molecular complexity index is 1010. The molecule has 0 spiro atoms. The molecule has 0 fully saturated rings. The summed E-state index contributed by atoms with van der Waals surface area (Å²) in [6, 6.07) is 5.00. The Balaban J connectivity index is 2.06. The number of fused-ring (bicyclic) bond motifs is 1. The Hall–Kier alpha value is -3.14.